The quantitative estimate of drug-likeness (QED) is 0.503. The Morgan fingerprint density at radius 3 is 2.56 bits per heavy atom. The van der Waals surface area contributed by atoms with Crippen molar-refractivity contribution in [3.05, 3.63) is 46.0 Å². The second-order valence-corrected chi connectivity index (χ2v) is 10.1. The molecule has 3 rings (SSSR count). The normalized spacial score (nSPS) is 12.9. The van der Waals surface area contributed by atoms with E-state index in [0.29, 0.717) is 40.2 Å². The first-order valence-electron chi connectivity index (χ1n) is 11.6. The number of pyridine rings is 2. The minimum absolute atomic E-state index is 0.139. The van der Waals surface area contributed by atoms with Gasteiger partial charge in [0.15, 0.2) is 0 Å². The van der Waals surface area contributed by atoms with Gasteiger partial charge in [-0.1, -0.05) is 13.8 Å². The lowest BCUT2D eigenvalue weighted by Crippen LogP contribution is -2.42. The van der Waals surface area contributed by atoms with Crippen LogP contribution in [0.15, 0.2) is 29.2 Å². The van der Waals surface area contributed by atoms with Crippen molar-refractivity contribution >= 4 is 27.8 Å². The molecule has 0 aliphatic rings. The Balaban J connectivity index is 1.97. The Kier molecular flexibility index (Phi) is 7.51. The van der Waals surface area contributed by atoms with Crippen molar-refractivity contribution in [3.63, 3.8) is 0 Å². The molecule has 0 saturated carbocycles. The molecule has 2 N–H and O–H groups in total. The summed E-state index contributed by atoms with van der Waals surface area (Å²) in [7, 11) is 1.71. The number of alkyl carbamates (subject to hydrolysis) is 1. The van der Waals surface area contributed by atoms with Crippen molar-refractivity contribution in [1.82, 2.24) is 14.9 Å². The van der Waals surface area contributed by atoms with E-state index in [1.165, 1.54) is 0 Å². The topological polar surface area (TPSA) is 103 Å². The van der Waals surface area contributed by atoms with Gasteiger partial charge >= 0.3 is 6.09 Å². The summed E-state index contributed by atoms with van der Waals surface area (Å²) in [5.41, 5.74) is 1.21. The number of fused-ring (bicyclic) bond motifs is 3. The molecular formula is C26H35N3O5. The van der Waals surface area contributed by atoms with E-state index in [-0.39, 0.29) is 24.8 Å². The summed E-state index contributed by atoms with van der Waals surface area (Å²) >= 11 is 0. The number of aromatic nitrogens is 2. The number of amides is 1. The molecule has 0 unspecified atom stereocenters. The van der Waals surface area contributed by atoms with Gasteiger partial charge in [0, 0.05) is 30.3 Å². The number of nitrogens with zero attached hydrogens (tertiary/aromatic N) is 2. The third kappa shape index (κ3) is 5.67. The number of hydrogen-bond acceptors (Lipinski definition) is 6. The van der Waals surface area contributed by atoms with Gasteiger partial charge in [0.05, 0.1) is 29.2 Å². The number of aliphatic hydroxyl groups excluding tert-OH is 1. The summed E-state index contributed by atoms with van der Waals surface area (Å²) in [4.78, 5) is 29.6. The second kappa shape index (κ2) is 10.0. The maximum atomic E-state index is 13.0. The first kappa shape index (κ1) is 25.5. The van der Waals surface area contributed by atoms with Crippen molar-refractivity contribution in [1.29, 1.82) is 0 Å². The van der Waals surface area contributed by atoms with Gasteiger partial charge < -0.3 is 24.5 Å². The molecule has 1 amide bonds. The molecule has 34 heavy (non-hydrogen) atoms. The highest BCUT2D eigenvalue weighted by molar-refractivity contribution is 6.06. The molecule has 1 aromatic carbocycles. The van der Waals surface area contributed by atoms with Crippen molar-refractivity contribution in [2.45, 2.75) is 66.2 Å². The van der Waals surface area contributed by atoms with E-state index in [9.17, 15) is 14.7 Å². The van der Waals surface area contributed by atoms with Crippen molar-refractivity contribution < 1.29 is 19.4 Å². The summed E-state index contributed by atoms with van der Waals surface area (Å²) in [5.74, 6) is 0.788. The zero-order valence-electron chi connectivity index (χ0n) is 21.1. The zero-order valence-corrected chi connectivity index (χ0v) is 21.1. The maximum Gasteiger partial charge on any atom is 0.407 e. The van der Waals surface area contributed by atoms with Crippen LogP contribution in [0.5, 0.6) is 5.75 Å². The van der Waals surface area contributed by atoms with Gasteiger partial charge in [-0.15, -0.1) is 0 Å². The van der Waals surface area contributed by atoms with Gasteiger partial charge in [-0.05, 0) is 57.6 Å². The number of aryl methyl sites for hydroxylation is 2. The Morgan fingerprint density at radius 1 is 1.24 bits per heavy atom. The van der Waals surface area contributed by atoms with Crippen LogP contribution in [-0.2, 0) is 18.4 Å². The summed E-state index contributed by atoms with van der Waals surface area (Å²) in [6, 6.07) is 5.16. The predicted molar refractivity (Wildman–Crippen MR) is 133 cm³/mol. The van der Waals surface area contributed by atoms with E-state index < -0.39 is 11.7 Å². The minimum Gasteiger partial charge on any atom is -0.491 e. The number of carbonyl (C=O) groups is 1. The van der Waals surface area contributed by atoms with Crippen LogP contribution in [0, 0.1) is 12.8 Å². The van der Waals surface area contributed by atoms with E-state index in [0.717, 1.165) is 10.8 Å². The highest BCUT2D eigenvalue weighted by Gasteiger charge is 2.22. The Labute approximate surface area is 199 Å². The summed E-state index contributed by atoms with van der Waals surface area (Å²) in [6.45, 7) is 11.4. The lowest BCUT2D eigenvalue weighted by atomic mass is 10.0. The highest BCUT2D eigenvalue weighted by atomic mass is 16.6. The standard InChI is InChI=1S/C26H35N3O5/c1-15(2)10-18(28-25(32)34-26(4,5)6)14-33-22-12-21-20(11-17(22)13-30)19-8-9-27-16(3)23(19)24(31)29(21)7/h8-9,11-12,15,18,30H,10,13-14H2,1-7H3,(H,28,32)/t18-/m0/s1. The molecular weight excluding hydrogens is 434 g/mol. The summed E-state index contributed by atoms with van der Waals surface area (Å²) < 4.78 is 13.1. The molecule has 0 spiro atoms. The first-order valence-corrected chi connectivity index (χ1v) is 11.6. The fourth-order valence-corrected chi connectivity index (χ4v) is 4.11. The maximum absolute atomic E-state index is 13.0. The van der Waals surface area contributed by atoms with Crippen molar-refractivity contribution in [2.75, 3.05) is 6.61 Å². The van der Waals surface area contributed by atoms with Crippen molar-refractivity contribution in [2.24, 2.45) is 13.0 Å². The van der Waals surface area contributed by atoms with Gasteiger partial charge in [-0.25, -0.2) is 4.79 Å². The molecule has 2 heterocycles. The molecule has 0 saturated heterocycles. The van der Waals surface area contributed by atoms with Crippen LogP contribution in [0.25, 0.3) is 21.7 Å². The fraction of sp³-hybridized carbons (Fsp3) is 0.500. The fourth-order valence-electron chi connectivity index (χ4n) is 4.11. The molecule has 3 aromatic rings. The van der Waals surface area contributed by atoms with E-state index in [4.69, 9.17) is 9.47 Å². The molecule has 0 aliphatic carbocycles. The molecule has 184 valence electrons. The average Bonchev–Trinajstić information content (AvgIpc) is 2.73. The van der Waals surface area contributed by atoms with Crippen molar-refractivity contribution in [3.8, 4) is 5.75 Å². The van der Waals surface area contributed by atoms with Gasteiger partial charge in [0.1, 0.15) is 18.0 Å². The van der Waals surface area contributed by atoms with Crippen LogP contribution >= 0.6 is 0 Å². The van der Waals surface area contributed by atoms with Gasteiger partial charge in [-0.2, -0.15) is 0 Å². The Bertz CT molecular complexity index is 1260. The number of hydrogen-bond donors (Lipinski definition) is 2. The van der Waals surface area contributed by atoms with E-state index in [2.05, 4.69) is 24.1 Å². The van der Waals surface area contributed by atoms with E-state index >= 15 is 0 Å². The molecule has 1 atom stereocenters. The zero-order chi connectivity index (χ0) is 25.2. The van der Waals surface area contributed by atoms with Crippen LogP contribution < -0.4 is 15.6 Å². The molecule has 2 aromatic heterocycles. The summed E-state index contributed by atoms with van der Waals surface area (Å²) in [5, 5.41) is 15.1. The monoisotopic (exact) mass is 469 g/mol. The molecule has 8 nitrogen and oxygen atoms in total. The van der Waals surface area contributed by atoms with Crippen LogP contribution in [0.1, 0.15) is 52.3 Å². The largest absolute Gasteiger partial charge is 0.491 e. The number of aliphatic hydroxyl groups is 1. The highest BCUT2D eigenvalue weighted by Crippen LogP contribution is 2.30. The van der Waals surface area contributed by atoms with Crippen LogP contribution in [0.3, 0.4) is 0 Å². The molecule has 0 bridgehead atoms. The molecule has 0 aliphatic heterocycles. The smallest absolute Gasteiger partial charge is 0.407 e. The number of benzene rings is 1. The first-order chi connectivity index (χ1) is 15.9. The number of ether oxygens (including phenoxy) is 2. The number of rotatable bonds is 7. The summed E-state index contributed by atoms with van der Waals surface area (Å²) in [6.07, 6.45) is 1.87. The SMILES string of the molecule is Cc1nccc2c1c(=O)n(C)c1cc(OC[C@H](CC(C)C)NC(=O)OC(C)(C)C)c(CO)cc21. The molecule has 0 radical (unpaired) electrons. The van der Waals surface area contributed by atoms with Crippen LogP contribution in [0.4, 0.5) is 4.79 Å². The minimum atomic E-state index is -0.600. The second-order valence-electron chi connectivity index (χ2n) is 10.1. The number of carbonyl (C=O) groups excluding carboxylic acids is 1. The van der Waals surface area contributed by atoms with E-state index in [1.807, 2.05) is 39.8 Å². The van der Waals surface area contributed by atoms with Crippen LogP contribution in [-0.4, -0.2) is 39.0 Å². The Morgan fingerprint density at radius 2 is 1.94 bits per heavy atom. The van der Waals surface area contributed by atoms with E-state index in [1.54, 1.807) is 23.9 Å². The molecule has 8 heteroatoms. The average molecular weight is 470 g/mol. The van der Waals surface area contributed by atoms with Gasteiger partial charge in [0.2, 0.25) is 0 Å². The third-order valence-electron chi connectivity index (χ3n) is 5.58. The number of nitrogens with one attached hydrogen (secondary N) is 1. The van der Waals surface area contributed by atoms with Crippen LogP contribution in [0.2, 0.25) is 0 Å². The Hall–Kier alpha value is -3.13. The van der Waals surface area contributed by atoms with Gasteiger partial charge in [-0.3, -0.25) is 9.78 Å². The lowest BCUT2D eigenvalue weighted by Gasteiger charge is -2.25. The molecule has 0 fully saturated rings. The lowest BCUT2D eigenvalue weighted by molar-refractivity contribution is 0.0479. The third-order valence-corrected chi connectivity index (χ3v) is 5.58. The van der Waals surface area contributed by atoms with Gasteiger partial charge in [0.25, 0.3) is 5.56 Å². The predicted octanol–water partition coefficient (Wildman–Crippen LogP) is 4.21.